The Morgan fingerprint density at radius 2 is 2.00 bits per heavy atom. The molecule has 19 heavy (non-hydrogen) atoms. The lowest BCUT2D eigenvalue weighted by Gasteiger charge is -2.27. The Morgan fingerprint density at radius 3 is 2.42 bits per heavy atom. The van der Waals surface area contributed by atoms with Crippen LogP contribution in [0.4, 0.5) is 4.79 Å². The fraction of sp³-hybridized carbons (Fsp3) is 0.571. The van der Waals surface area contributed by atoms with Gasteiger partial charge in [-0.2, -0.15) is 0 Å². The summed E-state index contributed by atoms with van der Waals surface area (Å²) in [5.41, 5.74) is 0.838. The Labute approximate surface area is 113 Å². The number of allylic oxidation sites excluding steroid dienone is 3. The number of nitrogens with zero attached hydrogens (tertiary/aromatic N) is 1. The second-order valence-electron chi connectivity index (χ2n) is 5.52. The van der Waals surface area contributed by atoms with Crippen molar-refractivity contribution in [2.75, 3.05) is 0 Å². The molecule has 1 heterocycles. The number of carboxylic acids is 1. The van der Waals surface area contributed by atoms with Crippen LogP contribution >= 0.6 is 0 Å². The molecule has 0 saturated heterocycles. The Bertz CT molecular complexity index is 443. The van der Waals surface area contributed by atoms with Crippen molar-refractivity contribution in [1.29, 1.82) is 0 Å². The van der Waals surface area contributed by atoms with Crippen LogP contribution in [0.2, 0.25) is 0 Å². The number of amides is 1. The van der Waals surface area contributed by atoms with Gasteiger partial charge in [0.15, 0.2) is 0 Å². The van der Waals surface area contributed by atoms with Crippen LogP contribution < -0.4 is 0 Å². The van der Waals surface area contributed by atoms with Gasteiger partial charge in [-0.3, -0.25) is 4.90 Å². The van der Waals surface area contributed by atoms with Crippen LogP contribution in [0.15, 0.2) is 23.4 Å². The SMILES string of the molecule is CC=CC1=C(C)N(C(=O)OC(C)(C)C)C(C(=O)O)C1. The number of carbonyl (C=O) groups is 2. The van der Waals surface area contributed by atoms with Gasteiger partial charge < -0.3 is 9.84 Å². The molecular weight excluding hydrogens is 246 g/mol. The molecule has 0 saturated carbocycles. The quantitative estimate of drug-likeness (QED) is 0.835. The fourth-order valence-corrected chi connectivity index (χ4v) is 2.00. The van der Waals surface area contributed by atoms with Gasteiger partial charge in [-0.1, -0.05) is 12.2 Å². The molecule has 1 unspecified atom stereocenters. The topological polar surface area (TPSA) is 66.8 Å². The molecule has 5 nitrogen and oxygen atoms in total. The molecular formula is C14H21NO4. The van der Waals surface area contributed by atoms with Crippen molar-refractivity contribution in [3.8, 4) is 0 Å². The number of rotatable bonds is 2. The van der Waals surface area contributed by atoms with Gasteiger partial charge >= 0.3 is 12.1 Å². The van der Waals surface area contributed by atoms with Gasteiger partial charge in [-0.25, -0.2) is 9.59 Å². The molecule has 0 radical (unpaired) electrons. The molecule has 0 aromatic rings. The third-order valence-corrected chi connectivity index (χ3v) is 2.79. The van der Waals surface area contributed by atoms with E-state index in [9.17, 15) is 14.7 Å². The van der Waals surface area contributed by atoms with E-state index in [1.165, 1.54) is 4.90 Å². The molecule has 1 atom stereocenters. The van der Waals surface area contributed by atoms with Gasteiger partial charge in [-0.05, 0) is 40.2 Å². The van der Waals surface area contributed by atoms with Crippen LogP contribution in [-0.2, 0) is 9.53 Å². The zero-order chi connectivity index (χ0) is 14.8. The number of carbonyl (C=O) groups excluding carboxylic acids is 1. The Morgan fingerprint density at radius 1 is 1.42 bits per heavy atom. The fourth-order valence-electron chi connectivity index (χ4n) is 2.00. The van der Waals surface area contributed by atoms with Gasteiger partial charge in [0.2, 0.25) is 0 Å². The third kappa shape index (κ3) is 3.59. The van der Waals surface area contributed by atoms with Crippen molar-refractivity contribution >= 4 is 12.1 Å². The lowest BCUT2D eigenvalue weighted by Crippen LogP contribution is -2.43. The molecule has 0 aliphatic carbocycles. The van der Waals surface area contributed by atoms with Crippen LogP contribution in [0, 0.1) is 0 Å². The minimum absolute atomic E-state index is 0.310. The number of carboxylic acid groups (broad SMARTS) is 1. The molecule has 1 rings (SSSR count). The normalized spacial score (nSPS) is 20.3. The molecule has 0 fully saturated rings. The summed E-state index contributed by atoms with van der Waals surface area (Å²) in [6.45, 7) is 8.85. The number of hydrogen-bond acceptors (Lipinski definition) is 3. The maximum absolute atomic E-state index is 12.1. The maximum Gasteiger partial charge on any atom is 0.415 e. The van der Waals surface area contributed by atoms with E-state index in [0.717, 1.165) is 5.57 Å². The van der Waals surface area contributed by atoms with E-state index in [-0.39, 0.29) is 0 Å². The highest BCUT2D eigenvalue weighted by atomic mass is 16.6. The molecule has 1 aliphatic heterocycles. The number of ether oxygens (including phenoxy) is 1. The highest BCUT2D eigenvalue weighted by Gasteiger charge is 2.39. The Balaban J connectivity index is 3.05. The van der Waals surface area contributed by atoms with Crippen LogP contribution in [0.3, 0.4) is 0 Å². The molecule has 0 aromatic heterocycles. The molecule has 5 heteroatoms. The van der Waals surface area contributed by atoms with Crippen molar-refractivity contribution in [3.63, 3.8) is 0 Å². The molecule has 0 spiro atoms. The number of aliphatic carboxylic acids is 1. The van der Waals surface area contributed by atoms with E-state index in [1.54, 1.807) is 27.7 Å². The van der Waals surface area contributed by atoms with Crippen molar-refractivity contribution < 1.29 is 19.4 Å². The Kier molecular flexibility index (Phi) is 4.39. The lowest BCUT2D eigenvalue weighted by molar-refractivity contribution is -0.141. The van der Waals surface area contributed by atoms with Crippen molar-refractivity contribution in [2.45, 2.75) is 52.7 Å². The smallest absolute Gasteiger partial charge is 0.415 e. The first kappa shape index (κ1) is 15.3. The van der Waals surface area contributed by atoms with Gasteiger partial charge in [-0.15, -0.1) is 0 Å². The summed E-state index contributed by atoms with van der Waals surface area (Å²) in [6, 6.07) is -0.888. The molecule has 1 amide bonds. The second kappa shape index (κ2) is 5.47. The monoisotopic (exact) mass is 267 g/mol. The molecule has 1 aliphatic rings. The first-order valence-electron chi connectivity index (χ1n) is 6.25. The van der Waals surface area contributed by atoms with E-state index in [1.807, 2.05) is 19.1 Å². The van der Waals surface area contributed by atoms with Gasteiger partial charge in [0.1, 0.15) is 11.6 Å². The average Bonchev–Trinajstić information content (AvgIpc) is 2.54. The first-order chi connectivity index (χ1) is 8.67. The third-order valence-electron chi connectivity index (χ3n) is 2.79. The van der Waals surface area contributed by atoms with Crippen LogP contribution in [0.25, 0.3) is 0 Å². The van der Waals surface area contributed by atoms with Crippen LogP contribution in [0.5, 0.6) is 0 Å². The van der Waals surface area contributed by atoms with E-state index in [4.69, 9.17) is 4.74 Å². The van der Waals surface area contributed by atoms with E-state index in [0.29, 0.717) is 12.1 Å². The second-order valence-corrected chi connectivity index (χ2v) is 5.52. The summed E-state index contributed by atoms with van der Waals surface area (Å²) >= 11 is 0. The summed E-state index contributed by atoms with van der Waals surface area (Å²) in [6.07, 6.45) is 3.35. The predicted molar refractivity (Wildman–Crippen MR) is 71.6 cm³/mol. The zero-order valence-corrected chi connectivity index (χ0v) is 12.1. The largest absolute Gasteiger partial charge is 0.480 e. The van der Waals surface area contributed by atoms with E-state index >= 15 is 0 Å². The van der Waals surface area contributed by atoms with Crippen molar-refractivity contribution in [3.05, 3.63) is 23.4 Å². The van der Waals surface area contributed by atoms with E-state index < -0.39 is 23.7 Å². The zero-order valence-electron chi connectivity index (χ0n) is 12.1. The average molecular weight is 267 g/mol. The standard InChI is InChI=1S/C14H21NO4/c1-6-7-10-8-11(12(16)17)15(9(10)2)13(18)19-14(3,4)5/h6-7,11H,8H2,1-5H3,(H,16,17). The molecule has 1 N–H and O–H groups in total. The molecule has 106 valence electrons. The van der Waals surface area contributed by atoms with E-state index in [2.05, 4.69) is 0 Å². The van der Waals surface area contributed by atoms with Crippen LogP contribution in [-0.4, -0.2) is 33.7 Å². The summed E-state index contributed by atoms with van der Waals surface area (Å²) in [5, 5.41) is 9.23. The van der Waals surface area contributed by atoms with Crippen molar-refractivity contribution in [2.24, 2.45) is 0 Å². The van der Waals surface area contributed by atoms with Gasteiger partial charge in [0.05, 0.1) is 0 Å². The predicted octanol–water partition coefficient (Wildman–Crippen LogP) is 2.93. The summed E-state index contributed by atoms with van der Waals surface area (Å²) in [7, 11) is 0. The van der Waals surface area contributed by atoms with Gasteiger partial charge in [0.25, 0.3) is 0 Å². The Hall–Kier alpha value is -1.78. The van der Waals surface area contributed by atoms with Crippen molar-refractivity contribution in [1.82, 2.24) is 4.90 Å². The molecule has 0 aromatic carbocycles. The van der Waals surface area contributed by atoms with Crippen LogP contribution in [0.1, 0.15) is 41.0 Å². The first-order valence-corrected chi connectivity index (χ1v) is 6.25. The highest BCUT2D eigenvalue weighted by molar-refractivity contribution is 5.83. The minimum atomic E-state index is -1.02. The molecule has 0 bridgehead atoms. The van der Waals surface area contributed by atoms with Gasteiger partial charge in [0, 0.05) is 12.1 Å². The minimum Gasteiger partial charge on any atom is -0.480 e. The number of hydrogen-bond donors (Lipinski definition) is 1. The summed E-state index contributed by atoms with van der Waals surface area (Å²) in [5.74, 6) is -1.02. The summed E-state index contributed by atoms with van der Waals surface area (Å²) in [4.78, 5) is 24.6. The summed E-state index contributed by atoms with van der Waals surface area (Å²) < 4.78 is 5.26. The maximum atomic E-state index is 12.1. The lowest BCUT2D eigenvalue weighted by atomic mass is 10.1. The highest BCUT2D eigenvalue weighted by Crippen LogP contribution is 2.31.